The van der Waals surface area contributed by atoms with Gasteiger partial charge in [-0.15, -0.1) is 22.7 Å². The van der Waals surface area contributed by atoms with Crippen LogP contribution in [-0.4, -0.2) is 23.3 Å². The fourth-order valence-electron chi connectivity index (χ4n) is 3.49. The molecule has 0 spiro atoms. The summed E-state index contributed by atoms with van der Waals surface area (Å²) in [5.74, 6) is -0.262. The highest BCUT2D eigenvalue weighted by Gasteiger charge is 2.26. The van der Waals surface area contributed by atoms with Gasteiger partial charge in [-0.05, 0) is 35.6 Å². The van der Waals surface area contributed by atoms with Crippen LogP contribution in [0, 0.1) is 0 Å². The molecule has 0 bridgehead atoms. The van der Waals surface area contributed by atoms with E-state index in [0.717, 1.165) is 28.2 Å². The Labute approximate surface area is 181 Å². The van der Waals surface area contributed by atoms with Crippen LogP contribution in [-0.2, 0) is 6.42 Å². The highest BCUT2D eigenvalue weighted by Crippen LogP contribution is 2.33. The molecule has 0 saturated carbocycles. The first-order chi connectivity index (χ1) is 14.7. The van der Waals surface area contributed by atoms with E-state index in [1.54, 1.807) is 10.3 Å². The minimum Gasteiger partial charge on any atom is -0.321 e. The highest BCUT2D eigenvalue weighted by atomic mass is 32.1. The van der Waals surface area contributed by atoms with E-state index in [1.807, 2.05) is 66.0 Å². The zero-order chi connectivity index (χ0) is 20.5. The van der Waals surface area contributed by atoms with Crippen molar-refractivity contribution in [3.63, 3.8) is 0 Å². The van der Waals surface area contributed by atoms with Crippen molar-refractivity contribution in [2.24, 2.45) is 0 Å². The van der Waals surface area contributed by atoms with Gasteiger partial charge in [-0.25, -0.2) is 4.98 Å². The molecule has 3 heterocycles. The van der Waals surface area contributed by atoms with Gasteiger partial charge in [0.05, 0.1) is 4.88 Å². The first-order valence-corrected chi connectivity index (χ1v) is 11.3. The summed E-state index contributed by atoms with van der Waals surface area (Å²) >= 11 is 2.88. The van der Waals surface area contributed by atoms with Gasteiger partial charge in [0.15, 0.2) is 0 Å². The van der Waals surface area contributed by atoms with E-state index >= 15 is 0 Å². The third kappa shape index (κ3) is 3.53. The minimum atomic E-state index is -0.262. The van der Waals surface area contributed by atoms with Gasteiger partial charge in [-0.2, -0.15) is 0 Å². The standard InChI is InChI=1S/C23H17N3O2S2/c27-21(18-14-30-22(25-18)16-5-2-1-3-6-16)24-17-9-8-15-10-11-26(19(15)13-17)23(28)20-7-4-12-29-20/h1-9,12-14H,10-11H2,(H,24,27). The summed E-state index contributed by atoms with van der Waals surface area (Å²) in [7, 11) is 0. The number of thiazole rings is 1. The minimum absolute atomic E-state index is 0.000712. The average molecular weight is 432 g/mol. The Kier molecular flexibility index (Phi) is 4.90. The summed E-state index contributed by atoms with van der Waals surface area (Å²) in [6.45, 7) is 0.649. The summed E-state index contributed by atoms with van der Waals surface area (Å²) in [5, 5.41) is 7.39. The quantitative estimate of drug-likeness (QED) is 0.475. The normalized spacial score (nSPS) is 12.6. The number of nitrogens with one attached hydrogen (secondary N) is 1. The van der Waals surface area contributed by atoms with Crippen LogP contribution in [0.15, 0.2) is 71.4 Å². The van der Waals surface area contributed by atoms with Gasteiger partial charge in [0.2, 0.25) is 0 Å². The zero-order valence-electron chi connectivity index (χ0n) is 15.9. The molecule has 1 aliphatic heterocycles. The first-order valence-electron chi connectivity index (χ1n) is 9.49. The van der Waals surface area contributed by atoms with E-state index in [-0.39, 0.29) is 11.8 Å². The van der Waals surface area contributed by atoms with E-state index in [9.17, 15) is 9.59 Å². The number of carbonyl (C=O) groups excluding carboxylic acids is 2. The molecule has 148 valence electrons. The molecule has 30 heavy (non-hydrogen) atoms. The number of nitrogens with zero attached hydrogens (tertiary/aromatic N) is 2. The molecule has 0 fully saturated rings. The van der Waals surface area contributed by atoms with Crippen molar-refractivity contribution in [1.29, 1.82) is 0 Å². The van der Waals surface area contributed by atoms with Crippen molar-refractivity contribution < 1.29 is 9.59 Å². The van der Waals surface area contributed by atoms with Gasteiger partial charge in [-0.1, -0.05) is 42.5 Å². The maximum absolute atomic E-state index is 12.8. The third-order valence-electron chi connectivity index (χ3n) is 4.97. The van der Waals surface area contributed by atoms with Gasteiger partial charge >= 0.3 is 0 Å². The fourth-order valence-corrected chi connectivity index (χ4v) is 4.97. The van der Waals surface area contributed by atoms with Gasteiger partial charge in [0.1, 0.15) is 10.7 Å². The maximum atomic E-state index is 12.8. The molecule has 2 aromatic heterocycles. The number of amides is 2. The van der Waals surface area contributed by atoms with Crippen LogP contribution in [0.4, 0.5) is 11.4 Å². The van der Waals surface area contributed by atoms with Crippen molar-refractivity contribution in [3.05, 3.63) is 87.6 Å². The van der Waals surface area contributed by atoms with Crippen molar-refractivity contribution in [2.45, 2.75) is 6.42 Å². The Bertz CT molecular complexity index is 1220. The Morgan fingerprint density at radius 1 is 1.00 bits per heavy atom. The van der Waals surface area contributed by atoms with Gasteiger partial charge < -0.3 is 10.2 Å². The van der Waals surface area contributed by atoms with Gasteiger partial charge in [0.25, 0.3) is 11.8 Å². The molecule has 1 N–H and O–H groups in total. The third-order valence-corrected chi connectivity index (χ3v) is 6.72. The molecule has 5 rings (SSSR count). The Morgan fingerprint density at radius 2 is 1.87 bits per heavy atom. The lowest BCUT2D eigenvalue weighted by atomic mass is 10.1. The van der Waals surface area contributed by atoms with Crippen LogP contribution < -0.4 is 10.2 Å². The lowest BCUT2D eigenvalue weighted by Gasteiger charge is -2.17. The number of carbonyl (C=O) groups is 2. The van der Waals surface area contributed by atoms with Crippen LogP contribution >= 0.6 is 22.7 Å². The lowest BCUT2D eigenvalue weighted by Crippen LogP contribution is -2.28. The van der Waals surface area contributed by atoms with Crippen molar-refractivity contribution in [3.8, 4) is 10.6 Å². The average Bonchev–Trinajstić information content (AvgIpc) is 3.54. The molecule has 5 nitrogen and oxygen atoms in total. The van der Waals surface area contributed by atoms with E-state index in [0.29, 0.717) is 22.8 Å². The number of hydrogen-bond donors (Lipinski definition) is 1. The van der Waals surface area contributed by atoms with Crippen LogP contribution in [0.2, 0.25) is 0 Å². The summed E-state index contributed by atoms with van der Waals surface area (Å²) in [6, 6.07) is 19.2. The number of benzene rings is 2. The Morgan fingerprint density at radius 3 is 2.67 bits per heavy atom. The number of rotatable bonds is 4. The Balaban J connectivity index is 1.35. The van der Waals surface area contributed by atoms with Crippen LogP contribution in [0.25, 0.3) is 10.6 Å². The summed E-state index contributed by atoms with van der Waals surface area (Å²) in [4.78, 5) is 32.5. The molecule has 2 aromatic carbocycles. The molecule has 4 aromatic rings. The molecular formula is C23H17N3O2S2. The predicted octanol–water partition coefficient (Wildman–Crippen LogP) is 5.33. The maximum Gasteiger partial charge on any atom is 0.275 e. The predicted molar refractivity (Wildman–Crippen MR) is 122 cm³/mol. The van der Waals surface area contributed by atoms with Crippen molar-refractivity contribution in [1.82, 2.24) is 4.98 Å². The molecule has 0 saturated heterocycles. The van der Waals surface area contributed by atoms with E-state index < -0.39 is 0 Å². The summed E-state index contributed by atoms with van der Waals surface area (Å²) < 4.78 is 0. The number of hydrogen-bond acceptors (Lipinski definition) is 5. The molecular weight excluding hydrogens is 414 g/mol. The van der Waals surface area contributed by atoms with Crippen LogP contribution in [0.1, 0.15) is 25.7 Å². The second-order valence-corrected chi connectivity index (χ2v) is 8.69. The smallest absolute Gasteiger partial charge is 0.275 e. The van der Waals surface area contributed by atoms with E-state index in [2.05, 4.69) is 10.3 Å². The van der Waals surface area contributed by atoms with Crippen molar-refractivity contribution >= 4 is 45.9 Å². The highest BCUT2D eigenvalue weighted by molar-refractivity contribution is 7.13. The van der Waals surface area contributed by atoms with Crippen molar-refractivity contribution in [2.75, 3.05) is 16.8 Å². The van der Waals surface area contributed by atoms with Gasteiger partial charge in [0, 0.05) is 28.9 Å². The second kappa shape index (κ2) is 7.85. The number of aromatic nitrogens is 1. The molecule has 0 unspecified atom stereocenters. The number of anilines is 2. The Hall–Kier alpha value is -3.29. The number of thiophene rings is 1. The van der Waals surface area contributed by atoms with Crippen LogP contribution in [0.5, 0.6) is 0 Å². The molecule has 0 atom stereocenters. The molecule has 1 aliphatic rings. The lowest BCUT2D eigenvalue weighted by molar-refractivity contribution is 0.0991. The molecule has 2 amide bonds. The number of fused-ring (bicyclic) bond motifs is 1. The molecule has 7 heteroatoms. The fraction of sp³-hybridized carbons (Fsp3) is 0.0870. The zero-order valence-corrected chi connectivity index (χ0v) is 17.5. The van der Waals surface area contributed by atoms with E-state index in [4.69, 9.17) is 0 Å². The van der Waals surface area contributed by atoms with Crippen LogP contribution in [0.3, 0.4) is 0 Å². The molecule has 0 aliphatic carbocycles. The SMILES string of the molecule is O=C(Nc1ccc2c(c1)N(C(=O)c1cccs1)CC2)c1csc(-c2ccccc2)n1. The first kappa shape index (κ1) is 18.7. The largest absolute Gasteiger partial charge is 0.321 e. The molecule has 0 radical (unpaired) electrons. The van der Waals surface area contributed by atoms with E-state index in [1.165, 1.54) is 22.7 Å². The van der Waals surface area contributed by atoms with Gasteiger partial charge in [-0.3, -0.25) is 9.59 Å². The topological polar surface area (TPSA) is 62.3 Å². The monoisotopic (exact) mass is 431 g/mol. The summed E-state index contributed by atoms with van der Waals surface area (Å²) in [5.41, 5.74) is 3.99. The second-order valence-electron chi connectivity index (χ2n) is 6.89. The summed E-state index contributed by atoms with van der Waals surface area (Å²) in [6.07, 6.45) is 0.813.